The molecule has 2 aliphatic rings. The molecule has 2 aromatic rings. The summed E-state index contributed by atoms with van der Waals surface area (Å²) in [5.41, 5.74) is 1.07. The van der Waals surface area contributed by atoms with Gasteiger partial charge >= 0.3 is 0 Å². The zero-order chi connectivity index (χ0) is 16.4. The van der Waals surface area contributed by atoms with E-state index in [1.165, 1.54) is 0 Å². The molecule has 0 fully saturated rings. The first-order valence-corrected chi connectivity index (χ1v) is 7.80. The Kier molecular flexibility index (Phi) is 2.84. The van der Waals surface area contributed by atoms with Gasteiger partial charge in [0.2, 0.25) is 11.8 Å². The largest absolute Gasteiger partial charge is 0.325 e. The molecule has 7 heteroatoms. The lowest BCUT2D eigenvalue weighted by Gasteiger charge is -2.32. The van der Waals surface area contributed by atoms with Crippen molar-refractivity contribution in [3.05, 3.63) is 40.5 Å². The number of amides is 2. The van der Waals surface area contributed by atoms with Crippen LogP contribution in [0.25, 0.3) is 0 Å². The molecule has 1 aromatic heterocycles. The van der Waals surface area contributed by atoms with E-state index in [4.69, 9.17) is 11.6 Å². The first kappa shape index (κ1) is 14.3. The first-order valence-electron chi connectivity index (χ1n) is 7.43. The predicted octanol–water partition coefficient (Wildman–Crippen LogP) is 2.70. The van der Waals surface area contributed by atoms with Crippen molar-refractivity contribution in [1.29, 1.82) is 0 Å². The SMILES string of the molecule is CC(C)n1ncc2c1NC(=O)C[C@]21C(=O)Nc2ccc(Cl)cc21. The second kappa shape index (κ2) is 4.58. The minimum Gasteiger partial charge on any atom is -0.325 e. The van der Waals surface area contributed by atoms with Gasteiger partial charge in [0.25, 0.3) is 0 Å². The van der Waals surface area contributed by atoms with Crippen molar-refractivity contribution < 1.29 is 9.59 Å². The van der Waals surface area contributed by atoms with E-state index in [0.717, 1.165) is 5.56 Å². The fraction of sp³-hybridized carbons (Fsp3) is 0.312. The average Bonchev–Trinajstić information content (AvgIpc) is 3.01. The number of carbonyl (C=O) groups is 2. The van der Waals surface area contributed by atoms with Crippen molar-refractivity contribution in [1.82, 2.24) is 9.78 Å². The van der Waals surface area contributed by atoms with Crippen LogP contribution in [0.4, 0.5) is 11.5 Å². The van der Waals surface area contributed by atoms with Crippen LogP contribution in [-0.2, 0) is 15.0 Å². The second-order valence-corrected chi connectivity index (χ2v) is 6.66. The molecule has 0 saturated carbocycles. The van der Waals surface area contributed by atoms with Gasteiger partial charge in [-0.2, -0.15) is 5.10 Å². The number of aromatic nitrogens is 2. The molecule has 4 rings (SSSR count). The Morgan fingerprint density at radius 2 is 2.04 bits per heavy atom. The highest BCUT2D eigenvalue weighted by molar-refractivity contribution is 6.31. The molecule has 0 saturated heterocycles. The lowest BCUT2D eigenvalue weighted by molar-refractivity contribution is -0.125. The number of hydrogen-bond donors (Lipinski definition) is 2. The summed E-state index contributed by atoms with van der Waals surface area (Å²) in [6.07, 6.45) is 1.72. The lowest BCUT2D eigenvalue weighted by Crippen LogP contribution is -2.43. The van der Waals surface area contributed by atoms with Crippen LogP contribution in [0.2, 0.25) is 5.02 Å². The Labute approximate surface area is 137 Å². The third-order valence-electron chi connectivity index (χ3n) is 4.51. The predicted molar refractivity (Wildman–Crippen MR) is 86.7 cm³/mol. The maximum absolute atomic E-state index is 12.8. The topological polar surface area (TPSA) is 76.0 Å². The van der Waals surface area contributed by atoms with Gasteiger partial charge in [-0.1, -0.05) is 11.6 Å². The van der Waals surface area contributed by atoms with E-state index in [2.05, 4.69) is 15.7 Å². The number of fused-ring (bicyclic) bond motifs is 4. The summed E-state index contributed by atoms with van der Waals surface area (Å²) in [6, 6.07) is 5.31. The van der Waals surface area contributed by atoms with Crippen LogP contribution in [0.3, 0.4) is 0 Å². The van der Waals surface area contributed by atoms with Crippen LogP contribution in [0.1, 0.15) is 37.4 Å². The number of hydrogen-bond acceptors (Lipinski definition) is 3. The highest BCUT2D eigenvalue weighted by atomic mass is 35.5. The summed E-state index contributed by atoms with van der Waals surface area (Å²) in [4.78, 5) is 25.2. The van der Waals surface area contributed by atoms with Crippen LogP contribution in [0, 0.1) is 0 Å². The number of nitrogens with one attached hydrogen (secondary N) is 2. The molecule has 6 nitrogen and oxygen atoms in total. The Morgan fingerprint density at radius 1 is 1.26 bits per heavy atom. The third kappa shape index (κ3) is 1.78. The van der Waals surface area contributed by atoms with Crippen LogP contribution in [0.15, 0.2) is 24.4 Å². The zero-order valence-corrected chi connectivity index (χ0v) is 13.4. The summed E-state index contributed by atoms with van der Waals surface area (Å²) in [5, 5.41) is 10.6. The van der Waals surface area contributed by atoms with E-state index in [0.29, 0.717) is 22.1 Å². The Balaban J connectivity index is 2.02. The van der Waals surface area contributed by atoms with Gasteiger partial charge in [-0.25, -0.2) is 4.68 Å². The molecule has 23 heavy (non-hydrogen) atoms. The maximum Gasteiger partial charge on any atom is 0.240 e. The Bertz CT molecular complexity index is 858. The smallest absolute Gasteiger partial charge is 0.240 e. The number of nitrogens with zero attached hydrogens (tertiary/aromatic N) is 2. The average molecular weight is 331 g/mol. The van der Waals surface area contributed by atoms with Gasteiger partial charge in [-0.15, -0.1) is 0 Å². The van der Waals surface area contributed by atoms with Gasteiger partial charge in [0, 0.05) is 28.7 Å². The van der Waals surface area contributed by atoms with Crippen LogP contribution >= 0.6 is 11.6 Å². The van der Waals surface area contributed by atoms with Crippen LogP contribution < -0.4 is 10.6 Å². The number of benzene rings is 1. The lowest BCUT2D eigenvalue weighted by atomic mass is 9.72. The van der Waals surface area contributed by atoms with Crippen molar-refractivity contribution >= 4 is 34.9 Å². The van der Waals surface area contributed by atoms with Crippen molar-refractivity contribution in [2.24, 2.45) is 0 Å². The van der Waals surface area contributed by atoms with Gasteiger partial charge < -0.3 is 10.6 Å². The van der Waals surface area contributed by atoms with E-state index in [1.807, 2.05) is 13.8 Å². The quantitative estimate of drug-likeness (QED) is 0.844. The molecule has 2 N–H and O–H groups in total. The fourth-order valence-electron chi connectivity index (χ4n) is 3.48. The van der Waals surface area contributed by atoms with E-state index in [-0.39, 0.29) is 24.3 Å². The molecule has 3 heterocycles. The molecule has 1 aromatic carbocycles. The zero-order valence-electron chi connectivity index (χ0n) is 12.7. The molecule has 0 bridgehead atoms. The molecular formula is C16H15ClN4O2. The van der Waals surface area contributed by atoms with Crippen molar-refractivity contribution in [2.45, 2.75) is 31.7 Å². The minimum atomic E-state index is -1.06. The molecule has 118 valence electrons. The Morgan fingerprint density at radius 3 is 2.78 bits per heavy atom. The van der Waals surface area contributed by atoms with E-state index in [1.54, 1.807) is 29.1 Å². The van der Waals surface area contributed by atoms with Gasteiger partial charge in [0.15, 0.2) is 0 Å². The van der Waals surface area contributed by atoms with E-state index < -0.39 is 5.41 Å². The number of halogens is 1. The van der Waals surface area contributed by atoms with Gasteiger partial charge in [-0.05, 0) is 37.6 Å². The molecule has 1 spiro atoms. The maximum atomic E-state index is 12.8. The summed E-state index contributed by atoms with van der Waals surface area (Å²) in [5.74, 6) is 0.163. The number of anilines is 2. The van der Waals surface area contributed by atoms with E-state index in [9.17, 15) is 9.59 Å². The normalized spacial score (nSPS) is 22.1. The monoisotopic (exact) mass is 330 g/mol. The summed E-state index contributed by atoms with van der Waals surface area (Å²) < 4.78 is 1.73. The Hall–Kier alpha value is -2.34. The molecule has 1 atom stereocenters. The standard InChI is InChI=1S/C16H15ClN4O2/c1-8(2)21-14-11(7-18-21)16(6-13(22)20-14)10-5-9(17)3-4-12(10)19-15(16)23/h3-5,7-8H,6H2,1-2H3,(H,19,23)(H,20,22)/t16-/m1/s1. The third-order valence-corrected chi connectivity index (χ3v) is 4.74. The first-order chi connectivity index (χ1) is 10.9. The van der Waals surface area contributed by atoms with Crippen LogP contribution in [0.5, 0.6) is 0 Å². The summed E-state index contributed by atoms with van der Waals surface area (Å²) in [7, 11) is 0. The van der Waals surface area contributed by atoms with Crippen molar-refractivity contribution in [3.8, 4) is 0 Å². The highest BCUT2D eigenvalue weighted by Crippen LogP contribution is 2.50. The fourth-order valence-corrected chi connectivity index (χ4v) is 3.65. The number of carbonyl (C=O) groups excluding carboxylic acids is 2. The summed E-state index contributed by atoms with van der Waals surface area (Å²) >= 11 is 6.13. The van der Waals surface area contributed by atoms with Gasteiger partial charge in [-0.3, -0.25) is 9.59 Å². The molecule has 0 unspecified atom stereocenters. The van der Waals surface area contributed by atoms with Crippen molar-refractivity contribution in [2.75, 3.05) is 10.6 Å². The van der Waals surface area contributed by atoms with Crippen LogP contribution in [-0.4, -0.2) is 21.6 Å². The second-order valence-electron chi connectivity index (χ2n) is 6.22. The van der Waals surface area contributed by atoms with Gasteiger partial charge in [0.05, 0.1) is 6.20 Å². The molecule has 0 radical (unpaired) electrons. The number of rotatable bonds is 1. The minimum absolute atomic E-state index is 0.0446. The highest BCUT2D eigenvalue weighted by Gasteiger charge is 2.54. The molecule has 0 aliphatic carbocycles. The molecule has 2 aliphatic heterocycles. The summed E-state index contributed by atoms with van der Waals surface area (Å²) in [6.45, 7) is 3.94. The van der Waals surface area contributed by atoms with Gasteiger partial charge in [0.1, 0.15) is 11.2 Å². The molecule has 2 amide bonds. The van der Waals surface area contributed by atoms with Crippen molar-refractivity contribution in [3.63, 3.8) is 0 Å². The molecular weight excluding hydrogens is 316 g/mol. The van der Waals surface area contributed by atoms with E-state index >= 15 is 0 Å².